The van der Waals surface area contributed by atoms with Crippen molar-refractivity contribution >= 4 is 5.91 Å². The minimum atomic E-state index is 0.134. The quantitative estimate of drug-likeness (QED) is 0.719. The fraction of sp³-hybridized carbons (Fsp3) is 0.733. The fourth-order valence-corrected chi connectivity index (χ4v) is 2.41. The highest BCUT2D eigenvalue weighted by Gasteiger charge is 2.14. The molecule has 114 valence electrons. The molecule has 5 nitrogen and oxygen atoms in total. The molecule has 1 atom stereocenters. The van der Waals surface area contributed by atoms with Gasteiger partial charge in [-0.1, -0.05) is 13.8 Å². The normalized spacial score (nSPS) is 12.7. The average molecular weight is 280 g/mol. The summed E-state index contributed by atoms with van der Waals surface area (Å²) in [6.45, 7) is 5.76. The summed E-state index contributed by atoms with van der Waals surface area (Å²) in [5.41, 5.74) is 6.75. The lowest BCUT2D eigenvalue weighted by atomic mass is 9.88. The zero-order chi connectivity index (χ0) is 15.0. The maximum atomic E-state index is 11.8. The van der Waals surface area contributed by atoms with Crippen LogP contribution in [0.3, 0.4) is 0 Å². The topological polar surface area (TPSA) is 72.9 Å². The van der Waals surface area contributed by atoms with Crippen LogP contribution in [0.4, 0.5) is 0 Å². The van der Waals surface area contributed by atoms with E-state index in [0.29, 0.717) is 31.3 Å². The molecule has 0 aromatic carbocycles. The van der Waals surface area contributed by atoms with Crippen LogP contribution < -0.4 is 11.1 Å². The number of aryl methyl sites for hydroxylation is 1. The van der Waals surface area contributed by atoms with Crippen molar-refractivity contribution in [1.82, 2.24) is 15.1 Å². The van der Waals surface area contributed by atoms with Gasteiger partial charge in [-0.2, -0.15) is 5.10 Å². The van der Waals surface area contributed by atoms with Crippen molar-refractivity contribution in [3.63, 3.8) is 0 Å². The second-order valence-corrected chi connectivity index (χ2v) is 5.67. The second kappa shape index (κ2) is 8.74. The van der Waals surface area contributed by atoms with Crippen molar-refractivity contribution in [1.29, 1.82) is 0 Å². The van der Waals surface area contributed by atoms with Crippen LogP contribution in [0, 0.1) is 11.8 Å². The lowest BCUT2D eigenvalue weighted by Crippen LogP contribution is -2.27. The van der Waals surface area contributed by atoms with E-state index in [2.05, 4.69) is 24.3 Å². The molecule has 0 radical (unpaired) electrons. The molecule has 1 amide bonds. The number of nitrogens with one attached hydrogen (secondary N) is 1. The molecule has 0 saturated heterocycles. The summed E-state index contributed by atoms with van der Waals surface area (Å²) in [7, 11) is 1.91. The molecule has 1 aromatic heterocycles. The third-order valence-corrected chi connectivity index (χ3v) is 3.85. The molecular formula is C15H28N4O. The molecule has 0 aliphatic heterocycles. The van der Waals surface area contributed by atoms with Crippen molar-refractivity contribution < 1.29 is 4.79 Å². The zero-order valence-corrected chi connectivity index (χ0v) is 12.9. The largest absolute Gasteiger partial charge is 0.356 e. The first-order valence-corrected chi connectivity index (χ1v) is 7.48. The van der Waals surface area contributed by atoms with Crippen molar-refractivity contribution in [2.24, 2.45) is 24.6 Å². The number of nitrogens with zero attached hydrogens (tertiary/aromatic N) is 2. The Morgan fingerprint density at radius 3 is 2.75 bits per heavy atom. The number of carbonyl (C=O) groups is 1. The van der Waals surface area contributed by atoms with Gasteiger partial charge in [0.15, 0.2) is 0 Å². The highest BCUT2D eigenvalue weighted by Crippen LogP contribution is 2.20. The van der Waals surface area contributed by atoms with Crippen LogP contribution in [0.15, 0.2) is 12.3 Å². The standard InChI is InChI=1S/C15H28N4O/c1-12(2)13(6-9-16)4-5-15(20)17-10-7-14-8-11-18-19(14)3/h8,11-13H,4-7,9-10,16H2,1-3H3,(H,17,20). The van der Waals surface area contributed by atoms with Gasteiger partial charge in [-0.05, 0) is 37.3 Å². The summed E-state index contributed by atoms with van der Waals surface area (Å²) in [5.74, 6) is 1.26. The molecule has 0 aliphatic rings. The van der Waals surface area contributed by atoms with Gasteiger partial charge in [-0.25, -0.2) is 0 Å². The van der Waals surface area contributed by atoms with Gasteiger partial charge in [-0.15, -0.1) is 0 Å². The summed E-state index contributed by atoms with van der Waals surface area (Å²) in [6.07, 6.45) is 5.11. The van der Waals surface area contributed by atoms with Crippen LogP contribution in [-0.4, -0.2) is 28.8 Å². The van der Waals surface area contributed by atoms with E-state index in [-0.39, 0.29) is 5.91 Å². The maximum absolute atomic E-state index is 11.8. The summed E-state index contributed by atoms with van der Waals surface area (Å²) in [4.78, 5) is 11.8. The minimum Gasteiger partial charge on any atom is -0.356 e. The van der Waals surface area contributed by atoms with Gasteiger partial charge in [0, 0.05) is 38.3 Å². The van der Waals surface area contributed by atoms with Crippen LogP contribution in [-0.2, 0) is 18.3 Å². The third-order valence-electron chi connectivity index (χ3n) is 3.85. The lowest BCUT2D eigenvalue weighted by Gasteiger charge is -2.19. The smallest absolute Gasteiger partial charge is 0.220 e. The number of amides is 1. The SMILES string of the molecule is CC(C)C(CCN)CCC(=O)NCCc1ccnn1C. The Kier molecular flexibility index (Phi) is 7.30. The summed E-state index contributed by atoms with van der Waals surface area (Å²) < 4.78 is 1.84. The van der Waals surface area contributed by atoms with Crippen LogP contribution >= 0.6 is 0 Å². The molecule has 0 aliphatic carbocycles. The predicted octanol–water partition coefficient (Wildman–Crippen LogP) is 1.48. The highest BCUT2D eigenvalue weighted by molar-refractivity contribution is 5.75. The van der Waals surface area contributed by atoms with E-state index in [9.17, 15) is 4.79 Å². The number of hydrogen-bond donors (Lipinski definition) is 2. The predicted molar refractivity (Wildman–Crippen MR) is 81.2 cm³/mol. The van der Waals surface area contributed by atoms with E-state index < -0.39 is 0 Å². The van der Waals surface area contributed by atoms with E-state index in [1.165, 1.54) is 0 Å². The van der Waals surface area contributed by atoms with Gasteiger partial charge in [0.25, 0.3) is 0 Å². The van der Waals surface area contributed by atoms with Gasteiger partial charge in [-0.3, -0.25) is 9.48 Å². The molecular weight excluding hydrogens is 252 g/mol. The van der Waals surface area contributed by atoms with Crippen molar-refractivity contribution in [2.45, 2.75) is 39.5 Å². The Labute approximate surface area is 121 Å². The minimum absolute atomic E-state index is 0.134. The van der Waals surface area contributed by atoms with Crippen LogP contribution in [0.2, 0.25) is 0 Å². The van der Waals surface area contributed by atoms with Gasteiger partial charge in [0.2, 0.25) is 5.91 Å². The Morgan fingerprint density at radius 1 is 1.45 bits per heavy atom. The first kappa shape index (κ1) is 16.7. The lowest BCUT2D eigenvalue weighted by molar-refractivity contribution is -0.121. The van der Waals surface area contributed by atoms with E-state index in [1.807, 2.05) is 17.8 Å². The number of hydrogen-bond acceptors (Lipinski definition) is 3. The summed E-state index contributed by atoms with van der Waals surface area (Å²) >= 11 is 0. The molecule has 1 rings (SSSR count). The molecule has 0 spiro atoms. The Balaban J connectivity index is 2.21. The number of carbonyl (C=O) groups excluding carboxylic acids is 1. The van der Waals surface area contributed by atoms with Gasteiger partial charge in [0.05, 0.1) is 0 Å². The summed E-state index contributed by atoms with van der Waals surface area (Å²) in [6, 6.07) is 1.97. The molecule has 0 fully saturated rings. The second-order valence-electron chi connectivity index (χ2n) is 5.67. The van der Waals surface area contributed by atoms with E-state index in [1.54, 1.807) is 6.20 Å². The average Bonchev–Trinajstić information content (AvgIpc) is 2.80. The fourth-order valence-electron chi connectivity index (χ4n) is 2.41. The van der Waals surface area contributed by atoms with Crippen LogP contribution in [0.5, 0.6) is 0 Å². The first-order chi connectivity index (χ1) is 9.54. The summed E-state index contributed by atoms with van der Waals surface area (Å²) in [5, 5.41) is 7.08. The van der Waals surface area contributed by atoms with Gasteiger partial charge in [0.1, 0.15) is 0 Å². The molecule has 1 unspecified atom stereocenters. The van der Waals surface area contributed by atoms with Crippen molar-refractivity contribution in [2.75, 3.05) is 13.1 Å². The Bertz CT molecular complexity index is 400. The Hall–Kier alpha value is -1.36. The van der Waals surface area contributed by atoms with E-state index in [4.69, 9.17) is 5.73 Å². The monoisotopic (exact) mass is 280 g/mol. The number of aromatic nitrogens is 2. The molecule has 20 heavy (non-hydrogen) atoms. The molecule has 1 heterocycles. The first-order valence-electron chi connectivity index (χ1n) is 7.48. The van der Waals surface area contributed by atoms with Gasteiger partial charge < -0.3 is 11.1 Å². The van der Waals surface area contributed by atoms with Crippen molar-refractivity contribution in [3.8, 4) is 0 Å². The maximum Gasteiger partial charge on any atom is 0.220 e. The number of rotatable bonds is 9. The van der Waals surface area contributed by atoms with Crippen molar-refractivity contribution in [3.05, 3.63) is 18.0 Å². The van der Waals surface area contributed by atoms with E-state index >= 15 is 0 Å². The molecule has 0 saturated carbocycles. The van der Waals surface area contributed by atoms with Crippen LogP contribution in [0.25, 0.3) is 0 Å². The van der Waals surface area contributed by atoms with E-state index in [0.717, 1.165) is 25.0 Å². The Morgan fingerprint density at radius 2 is 2.20 bits per heavy atom. The highest BCUT2D eigenvalue weighted by atomic mass is 16.1. The zero-order valence-electron chi connectivity index (χ0n) is 12.9. The molecule has 1 aromatic rings. The molecule has 3 N–H and O–H groups in total. The molecule has 5 heteroatoms. The molecule has 0 bridgehead atoms. The van der Waals surface area contributed by atoms with Gasteiger partial charge >= 0.3 is 0 Å². The third kappa shape index (κ3) is 5.74. The number of nitrogens with two attached hydrogens (primary N) is 1. The van der Waals surface area contributed by atoms with Crippen LogP contribution in [0.1, 0.15) is 38.8 Å².